The number of benzene rings is 1. The Labute approximate surface area is 118 Å². The Morgan fingerprint density at radius 2 is 2.15 bits per heavy atom. The fourth-order valence-electron chi connectivity index (χ4n) is 2.55. The predicted molar refractivity (Wildman–Crippen MR) is 73.3 cm³/mol. The van der Waals surface area contributed by atoms with Crippen LogP contribution in [0.4, 0.5) is 0 Å². The number of carbonyl (C=O) groups is 1. The molecule has 3 rings (SSSR count). The molecular weight excluding hydrogens is 258 g/mol. The highest BCUT2D eigenvalue weighted by atomic mass is 16.6. The van der Waals surface area contributed by atoms with Crippen molar-refractivity contribution < 1.29 is 19.0 Å². The monoisotopic (exact) mass is 277 g/mol. The van der Waals surface area contributed by atoms with Crippen molar-refractivity contribution in [2.75, 3.05) is 33.0 Å². The Hall–Kier alpha value is -1.75. The maximum atomic E-state index is 12.3. The van der Waals surface area contributed by atoms with E-state index in [4.69, 9.17) is 14.2 Å². The average molecular weight is 277 g/mol. The van der Waals surface area contributed by atoms with Crippen molar-refractivity contribution in [3.63, 3.8) is 0 Å². The topological polar surface area (TPSA) is 56.8 Å². The van der Waals surface area contributed by atoms with Crippen molar-refractivity contribution >= 4 is 5.91 Å². The van der Waals surface area contributed by atoms with Crippen molar-refractivity contribution in [1.29, 1.82) is 0 Å². The van der Waals surface area contributed by atoms with Gasteiger partial charge in [0.1, 0.15) is 13.2 Å². The molecule has 1 fully saturated rings. The van der Waals surface area contributed by atoms with Crippen LogP contribution in [0.25, 0.3) is 0 Å². The normalized spacial score (nSPS) is 21.3. The minimum absolute atomic E-state index is 0.113. The summed E-state index contributed by atoms with van der Waals surface area (Å²) in [6.07, 6.45) is 2.17. The van der Waals surface area contributed by atoms with Gasteiger partial charge in [-0.05, 0) is 30.9 Å². The van der Waals surface area contributed by atoms with Gasteiger partial charge in [0.15, 0.2) is 11.5 Å². The standard InChI is InChI=1S/C15H19NO4/c17-15(16-9-11-3-2-6-18-10-11)12-4-1-5-13-14(12)20-8-7-19-13/h1,4-5,11H,2-3,6-10H2,(H,16,17). The third-order valence-electron chi connectivity index (χ3n) is 3.62. The molecule has 5 heteroatoms. The second-order valence-corrected chi connectivity index (χ2v) is 5.12. The SMILES string of the molecule is O=C(NCC1CCCOC1)c1cccc2c1OCCO2. The van der Waals surface area contributed by atoms with E-state index >= 15 is 0 Å². The van der Waals surface area contributed by atoms with Gasteiger partial charge in [-0.25, -0.2) is 0 Å². The zero-order valence-corrected chi connectivity index (χ0v) is 11.4. The smallest absolute Gasteiger partial charge is 0.255 e. The number of amides is 1. The van der Waals surface area contributed by atoms with Gasteiger partial charge < -0.3 is 19.5 Å². The van der Waals surface area contributed by atoms with Crippen LogP contribution in [0.2, 0.25) is 0 Å². The van der Waals surface area contributed by atoms with Crippen molar-refractivity contribution in [1.82, 2.24) is 5.32 Å². The molecule has 1 unspecified atom stereocenters. The van der Waals surface area contributed by atoms with Crippen LogP contribution in [0.3, 0.4) is 0 Å². The van der Waals surface area contributed by atoms with E-state index in [1.54, 1.807) is 6.07 Å². The van der Waals surface area contributed by atoms with E-state index in [0.29, 0.717) is 42.7 Å². The summed E-state index contributed by atoms with van der Waals surface area (Å²) in [4.78, 5) is 12.3. The molecule has 0 aromatic heterocycles. The van der Waals surface area contributed by atoms with Gasteiger partial charge in [0.25, 0.3) is 5.91 Å². The van der Waals surface area contributed by atoms with E-state index in [1.807, 2.05) is 12.1 Å². The van der Waals surface area contributed by atoms with Crippen LogP contribution in [0.5, 0.6) is 11.5 Å². The fraction of sp³-hybridized carbons (Fsp3) is 0.533. The van der Waals surface area contributed by atoms with Crippen molar-refractivity contribution in [3.05, 3.63) is 23.8 Å². The molecule has 1 aromatic carbocycles. The maximum Gasteiger partial charge on any atom is 0.255 e. The molecule has 1 atom stereocenters. The summed E-state index contributed by atoms with van der Waals surface area (Å²) in [6.45, 7) is 3.21. The van der Waals surface area contributed by atoms with Crippen molar-refractivity contribution in [3.8, 4) is 11.5 Å². The Morgan fingerprint density at radius 3 is 3.00 bits per heavy atom. The Morgan fingerprint density at radius 1 is 1.25 bits per heavy atom. The summed E-state index contributed by atoms with van der Waals surface area (Å²) in [6, 6.07) is 5.40. The molecule has 2 aliphatic heterocycles. The molecule has 1 aromatic rings. The van der Waals surface area contributed by atoms with Gasteiger partial charge in [-0.15, -0.1) is 0 Å². The molecule has 0 radical (unpaired) electrons. The number of hydrogen-bond acceptors (Lipinski definition) is 4. The maximum absolute atomic E-state index is 12.3. The predicted octanol–water partition coefficient (Wildman–Crippen LogP) is 1.61. The lowest BCUT2D eigenvalue weighted by molar-refractivity contribution is 0.0535. The number of ether oxygens (including phenoxy) is 3. The molecule has 20 heavy (non-hydrogen) atoms. The summed E-state index contributed by atoms with van der Waals surface area (Å²) in [5.74, 6) is 1.49. The van der Waals surface area contributed by atoms with Crippen LogP contribution < -0.4 is 14.8 Å². The molecule has 5 nitrogen and oxygen atoms in total. The number of para-hydroxylation sites is 1. The zero-order valence-electron chi connectivity index (χ0n) is 11.4. The zero-order chi connectivity index (χ0) is 13.8. The van der Waals surface area contributed by atoms with Crippen LogP contribution in [0.15, 0.2) is 18.2 Å². The van der Waals surface area contributed by atoms with Crippen molar-refractivity contribution in [2.45, 2.75) is 12.8 Å². The summed E-state index contributed by atoms with van der Waals surface area (Å²) in [7, 11) is 0. The molecular formula is C15H19NO4. The highest BCUT2D eigenvalue weighted by Gasteiger charge is 2.21. The van der Waals surface area contributed by atoms with E-state index in [0.717, 1.165) is 26.1 Å². The Balaban J connectivity index is 1.64. The quantitative estimate of drug-likeness (QED) is 0.912. The number of rotatable bonds is 3. The van der Waals surface area contributed by atoms with Gasteiger partial charge in [-0.3, -0.25) is 4.79 Å². The van der Waals surface area contributed by atoms with Crippen LogP contribution in [-0.2, 0) is 4.74 Å². The molecule has 1 N–H and O–H groups in total. The first-order valence-corrected chi connectivity index (χ1v) is 7.09. The largest absolute Gasteiger partial charge is 0.486 e. The number of fused-ring (bicyclic) bond motifs is 1. The second kappa shape index (κ2) is 6.13. The van der Waals surface area contributed by atoms with Crippen molar-refractivity contribution in [2.24, 2.45) is 5.92 Å². The van der Waals surface area contributed by atoms with E-state index in [2.05, 4.69) is 5.32 Å². The minimum atomic E-state index is -0.113. The third-order valence-corrected chi connectivity index (χ3v) is 3.62. The Bertz CT molecular complexity index is 483. The molecule has 1 amide bonds. The molecule has 0 aliphatic carbocycles. The van der Waals surface area contributed by atoms with Gasteiger partial charge in [0, 0.05) is 13.2 Å². The summed E-state index contributed by atoms with van der Waals surface area (Å²) in [5.41, 5.74) is 0.541. The molecule has 2 aliphatic rings. The van der Waals surface area contributed by atoms with Crippen LogP contribution in [0.1, 0.15) is 23.2 Å². The summed E-state index contributed by atoms with van der Waals surface area (Å²) in [5, 5.41) is 2.96. The third kappa shape index (κ3) is 2.88. The minimum Gasteiger partial charge on any atom is -0.486 e. The van der Waals surface area contributed by atoms with E-state index in [-0.39, 0.29) is 5.91 Å². The molecule has 0 spiro atoms. The Kier molecular flexibility index (Phi) is 4.06. The van der Waals surface area contributed by atoms with Crippen LogP contribution >= 0.6 is 0 Å². The number of nitrogens with one attached hydrogen (secondary N) is 1. The molecule has 1 saturated heterocycles. The van der Waals surface area contributed by atoms with Crippen LogP contribution in [-0.4, -0.2) is 38.9 Å². The average Bonchev–Trinajstić information content (AvgIpc) is 2.53. The van der Waals surface area contributed by atoms with E-state index in [9.17, 15) is 4.79 Å². The molecule has 0 saturated carbocycles. The van der Waals surface area contributed by atoms with E-state index in [1.165, 1.54) is 0 Å². The molecule has 2 heterocycles. The lowest BCUT2D eigenvalue weighted by Gasteiger charge is -2.23. The summed E-state index contributed by atoms with van der Waals surface area (Å²) < 4.78 is 16.5. The highest BCUT2D eigenvalue weighted by Crippen LogP contribution is 2.33. The fourth-order valence-corrected chi connectivity index (χ4v) is 2.55. The van der Waals surface area contributed by atoms with E-state index < -0.39 is 0 Å². The first-order valence-electron chi connectivity index (χ1n) is 7.09. The molecule has 108 valence electrons. The highest BCUT2D eigenvalue weighted by molar-refractivity contribution is 5.97. The van der Waals surface area contributed by atoms with Gasteiger partial charge >= 0.3 is 0 Å². The lowest BCUT2D eigenvalue weighted by atomic mass is 10.0. The first-order chi connectivity index (χ1) is 9.84. The summed E-state index contributed by atoms with van der Waals surface area (Å²) >= 11 is 0. The number of carbonyl (C=O) groups excluding carboxylic acids is 1. The van der Waals surface area contributed by atoms with Gasteiger partial charge in [-0.2, -0.15) is 0 Å². The second-order valence-electron chi connectivity index (χ2n) is 5.12. The van der Waals surface area contributed by atoms with Gasteiger partial charge in [-0.1, -0.05) is 6.07 Å². The van der Waals surface area contributed by atoms with Crippen LogP contribution in [0, 0.1) is 5.92 Å². The number of hydrogen-bond donors (Lipinski definition) is 1. The first kappa shape index (κ1) is 13.2. The van der Waals surface area contributed by atoms with Gasteiger partial charge in [0.05, 0.1) is 12.2 Å². The molecule has 0 bridgehead atoms. The lowest BCUT2D eigenvalue weighted by Crippen LogP contribution is -2.33. The van der Waals surface area contributed by atoms with Gasteiger partial charge in [0.2, 0.25) is 0 Å².